The number of carbonyl (C=O) groups excluding carboxylic acids is 1. The number of hydrogen-bond acceptors (Lipinski definition) is 2. The predicted octanol–water partition coefficient (Wildman–Crippen LogP) is 2.74. The second-order valence-corrected chi connectivity index (χ2v) is 4.24. The fourth-order valence-electron chi connectivity index (χ4n) is 1.77. The molecule has 0 bridgehead atoms. The molecule has 0 fully saturated rings. The molecule has 19 heavy (non-hydrogen) atoms. The highest BCUT2D eigenvalue weighted by Gasteiger charge is 2.14. The number of rotatable bonds is 3. The van der Waals surface area contributed by atoms with Gasteiger partial charge < -0.3 is 10.0 Å². The second-order valence-electron chi connectivity index (χ2n) is 4.24. The van der Waals surface area contributed by atoms with Gasteiger partial charge in [0.05, 0.1) is 6.42 Å². The van der Waals surface area contributed by atoms with Gasteiger partial charge in [0, 0.05) is 18.8 Å². The molecule has 0 aliphatic rings. The van der Waals surface area contributed by atoms with Crippen molar-refractivity contribution in [2.24, 2.45) is 0 Å². The van der Waals surface area contributed by atoms with Gasteiger partial charge in [-0.15, -0.1) is 0 Å². The molecule has 0 atom stereocenters. The van der Waals surface area contributed by atoms with E-state index in [0.29, 0.717) is 11.3 Å². The summed E-state index contributed by atoms with van der Waals surface area (Å²) in [6.07, 6.45) is -0.0151. The molecule has 0 saturated heterocycles. The van der Waals surface area contributed by atoms with E-state index in [1.807, 2.05) is 0 Å². The summed E-state index contributed by atoms with van der Waals surface area (Å²) >= 11 is 0. The molecule has 0 aliphatic heterocycles. The first kappa shape index (κ1) is 13.1. The van der Waals surface area contributed by atoms with E-state index >= 15 is 0 Å². The lowest BCUT2D eigenvalue weighted by Gasteiger charge is -2.17. The molecule has 2 aromatic rings. The molecule has 0 aromatic heterocycles. The van der Waals surface area contributed by atoms with Crippen LogP contribution in [0.4, 0.5) is 10.1 Å². The molecule has 3 nitrogen and oxygen atoms in total. The van der Waals surface area contributed by atoms with E-state index in [9.17, 15) is 14.3 Å². The van der Waals surface area contributed by atoms with Crippen LogP contribution in [-0.4, -0.2) is 18.1 Å². The van der Waals surface area contributed by atoms with Gasteiger partial charge in [-0.3, -0.25) is 4.79 Å². The molecule has 1 amide bonds. The van der Waals surface area contributed by atoms with Crippen molar-refractivity contribution in [2.45, 2.75) is 6.42 Å². The molecule has 2 aromatic carbocycles. The zero-order valence-corrected chi connectivity index (χ0v) is 10.5. The van der Waals surface area contributed by atoms with Crippen molar-refractivity contribution in [3.63, 3.8) is 0 Å². The Morgan fingerprint density at radius 1 is 1.21 bits per heavy atom. The van der Waals surface area contributed by atoms with Crippen molar-refractivity contribution in [1.29, 1.82) is 0 Å². The summed E-state index contributed by atoms with van der Waals surface area (Å²) in [4.78, 5) is 13.4. The third-order valence-electron chi connectivity index (χ3n) is 2.89. The maximum Gasteiger partial charge on any atom is 0.231 e. The molecule has 2 rings (SSSR count). The Morgan fingerprint density at radius 2 is 1.95 bits per heavy atom. The number of phenolic OH excluding ortho intramolecular Hbond substituents is 1. The van der Waals surface area contributed by atoms with Crippen molar-refractivity contribution >= 4 is 11.6 Å². The molecule has 98 valence electrons. The van der Waals surface area contributed by atoms with Crippen LogP contribution in [0, 0.1) is 5.82 Å². The van der Waals surface area contributed by atoms with Crippen LogP contribution in [0.5, 0.6) is 5.75 Å². The number of halogens is 1. The van der Waals surface area contributed by atoms with E-state index in [1.165, 1.54) is 23.1 Å². The topological polar surface area (TPSA) is 40.5 Å². The Balaban J connectivity index is 2.14. The van der Waals surface area contributed by atoms with E-state index in [4.69, 9.17) is 0 Å². The van der Waals surface area contributed by atoms with Gasteiger partial charge in [-0.25, -0.2) is 4.39 Å². The summed E-state index contributed by atoms with van der Waals surface area (Å²) in [5.41, 5.74) is 0.931. The summed E-state index contributed by atoms with van der Waals surface area (Å²) in [5, 5.41) is 9.38. The van der Waals surface area contributed by atoms with Crippen molar-refractivity contribution in [3.05, 3.63) is 59.9 Å². The summed E-state index contributed by atoms with van der Waals surface area (Å²) < 4.78 is 13.5. The second kappa shape index (κ2) is 5.52. The van der Waals surface area contributed by atoms with E-state index in [0.717, 1.165) is 0 Å². The summed E-state index contributed by atoms with van der Waals surface area (Å²) in [5.74, 6) is -0.543. The molecular weight excluding hydrogens is 245 g/mol. The van der Waals surface area contributed by atoms with Crippen LogP contribution in [-0.2, 0) is 11.2 Å². The number of phenols is 1. The van der Waals surface area contributed by atoms with E-state index in [2.05, 4.69) is 0 Å². The Kier molecular flexibility index (Phi) is 3.80. The summed E-state index contributed by atoms with van der Waals surface area (Å²) in [6.45, 7) is 0. The Hall–Kier alpha value is -2.36. The lowest BCUT2D eigenvalue weighted by atomic mass is 10.1. The van der Waals surface area contributed by atoms with Crippen LogP contribution in [0.15, 0.2) is 48.5 Å². The Labute approximate surface area is 110 Å². The van der Waals surface area contributed by atoms with Gasteiger partial charge in [-0.1, -0.05) is 24.3 Å². The zero-order valence-electron chi connectivity index (χ0n) is 10.5. The first-order valence-corrected chi connectivity index (χ1v) is 5.87. The van der Waals surface area contributed by atoms with Gasteiger partial charge in [0.25, 0.3) is 0 Å². The average Bonchev–Trinajstić information content (AvgIpc) is 2.40. The maximum absolute atomic E-state index is 13.5. The number of carbonyl (C=O) groups is 1. The van der Waals surface area contributed by atoms with Gasteiger partial charge in [-0.2, -0.15) is 0 Å². The Bertz CT molecular complexity index is 598. The third-order valence-corrected chi connectivity index (χ3v) is 2.89. The average molecular weight is 259 g/mol. The predicted molar refractivity (Wildman–Crippen MR) is 71.6 cm³/mol. The lowest BCUT2D eigenvalue weighted by molar-refractivity contribution is -0.117. The van der Waals surface area contributed by atoms with E-state index in [-0.39, 0.29) is 23.9 Å². The van der Waals surface area contributed by atoms with Crippen molar-refractivity contribution < 1.29 is 14.3 Å². The van der Waals surface area contributed by atoms with Crippen LogP contribution in [0.2, 0.25) is 0 Å². The minimum Gasteiger partial charge on any atom is -0.508 e. The molecule has 0 radical (unpaired) electrons. The van der Waals surface area contributed by atoms with Gasteiger partial charge in [0.15, 0.2) is 0 Å². The van der Waals surface area contributed by atoms with Gasteiger partial charge in [-0.05, 0) is 23.8 Å². The number of nitrogens with zero attached hydrogens (tertiary/aromatic N) is 1. The molecule has 0 heterocycles. The summed E-state index contributed by atoms with van der Waals surface area (Å²) in [6, 6.07) is 12.6. The zero-order chi connectivity index (χ0) is 13.8. The SMILES string of the molecule is CN(C(=O)Cc1ccccc1F)c1cccc(O)c1. The fourth-order valence-corrected chi connectivity index (χ4v) is 1.77. The molecule has 0 saturated carbocycles. The molecule has 0 aliphatic carbocycles. The monoisotopic (exact) mass is 259 g/mol. The first-order valence-electron chi connectivity index (χ1n) is 5.87. The Morgan fingerprint density at radius 3 is 2.63 bits per heavy atom. The minimum atomic E-state index is -0.389. The standard InChI is InChI=1S/C15H14FNO2/c1-17(12-6-4-7-13(18)10-12)15(19)9-11-5-2-3-8-14(11)16/h2-8,10,18H,9H2,1H3. The van der Waals surface area contributed by atoms with Crippen LogP contribution >= 0.6 is 0 Å². The smallest absolute Gasteiger partial charge is 0.231 e. The number of amides is 1. The summed E-state index contributed by atoms with van der Waals surface area (Å²) in [7, 11) is 1.60. The highest BCUT2D eigenvalue weighted by Crippen LogP contribution is 2.20. The number of likely N-dealkylation sites (N-methyl/N-ethyl adjacent to an activating group) is 1. The van der Waals surface area contributed by atoms with Crippen molar-refractivity contribution in [3.8, 4) is 5.75 Å². The van der Waals surface area contributed by atoms with Crippen molar-refractivity contribution in [1.82, 2.24) is 0 Å². The molecule has 4 heteroatoms. The number of benzene rings is 2. The van der Waals surface area contributed by atoms with E-state index < -0.39 is 0 Å². The third kappa shape index (κ3) is 3.10. The van der Waals surface area contributed by atoms with Crippen LogP contribution in [0.25, 0.3) is 0 Å². The quantitative estimate of drug-likeness (QED) is 0.920. The molecule has 0 spiro atoms. The number of hydrogen-bond donors (Lipinski definition) is 1. The number of anilines is 1. The van der Waals surface area contributed by atoms with Crippen LogP contribution < -0.4 is 4.90 Å². The largest absolute Gasteiger partial charge is 0.508 e. The van der Waals surface area contributed by atoms with Gasteiger partial charge >= 0.3 is 0 Å². The molecule has 0 unspecified atom stereocenters. The molecular formula is C15H14FNO2. The van der Waals surface area contributed by atoms with E-state index in [1.54, 1.807) is 37.4 Å². The van der Waals surface area contributed by atoms with Crippen molar-refractivity contribution in [2.75, 3.05) is 11.9 Å². The fraction of sp³-hybridized carbons (Fsp3) is 0.133. The minimum absolute atomic E-state index is 0.0151. The van der Waals surface area contributed by atoms with Crippen LogP contribution in [0.3, 0.4) is 0 Å². The lowest BCUT2D eigenvalue weighted by Crippen LogP contribution is -2.28. The number of aromatic hydroxyl groups is 1. The van der Waals surface area contributed by atoms with Gasteiger partial charge in [0.2, 0.25) is 5.91 Å². The maximum atomic E-state index is 13.5. The molecule has 1 N–H and O–H groups in total. The van der Waals surface area contributed by atoms with Crippen LogP contribution in [0.1, 0.15) is 5.56 Å². The normalized spacial score (nSPS) is 10.2. The first-order chi connectivity index (χ1) is 9.08. The van der Waals surface area contributed by atoms with Gasteiger partial charge in [0.1, 0.15) is 11.6 Å². The highest BCUT2D eigenvalue weighted by molar-refractivity contribution is 5.94. The highest BCUT2D eigenvalue weighted by atomic mass is 19.1.